The van der Waals surface area contributed by atoms with Crippen LogP contribution in [0.25, 0.3) is 10.6 Å². The zero-order valence-corrected chi connectivity index (χ0v) is 12.8. The van der Waals surface area contributed by atoms with Gasteiger partial charge in [-0.1, -0.05) is 6.07 Å². The first-order valence-corrected chi connectivity index (χ1v) is 8.25. The maximum atomic E-state index is 11.8. The Balaban J connectivity index is 1.55. The maximum absolute atomic E-state index is 11.8. The van der Waals surface area contributed by atoms with Crippen molar-refractivity contribution in [2.24, 2.45) is 0 Å². The van der Waals surface area contributed by atoms with E-state index in [-0.39, 0.29) is 5.91 Å². The number of carbonyl (C=O) groups excluding carboxylic acids is 1. The van der Waals surface area contributed by atoms with E-state index in [1.54, 1.807) is 23.7 Å². The average Bonchev–Trinajstić information content (AvgIpc) is 3.20. The van der Waals surface area contributed by atoms with Gasteiger partial charge in [-0.25, -0.2) is 4.98 Å². The summed E-state index contributed by atoms with van der Waals surface area (Å²) in [5.41, 5.74) is 2.02. The summed E-state index contributed by atoms with van der Waals surface area (Å²) < 4.78 is 0. The molecule has 21 heavy (non-hydrogen) atoms. The smallest absolute Gasteiger partial charge is 0.261 e. The molecule has 0 radical (unpaired) electrons. The van der Waals surface area contributed by atoms with Crippen LogP contribution in [0.2, 0.25) is 0 Å². The molecule has 3 aromatic heterocycles. The van der Waals surface area contributed by atoms with Crippen LogP contribution in [0.5, 0.6) is 0 Å². The summed E-state index contributed by atoms with van der Waals surface area (Å²) in [7, 11) is 0. The summed E-state index contributed by atoms with van der Waals surface area (Å²) in [5.74, 6) is -0.0206. The lowest BCUT2D eigenvalue weighted by Gasteiger charge is -2.01. The number of thiophene rings is 1. The third kappa shape index (κ3) is 3.53. The van der Waals surface area contributed by atoms with Gasteiger partial charge < -0.3 is 5.32 Å². The van der Waals surface area contributed by atoms with Crippen LogP contribution in [0, 0.1) is 0 Å². The van der Waals surface area contributed by atoms with Crippen molar-refractivity contribution < 1.29 is 4.79 Å². The number of aromatic nitrogens is 2. The number of hydrogen-bond acceptors (Lipinski definition) is 5. The Morgan fingerprint density at radius 1 is 1.24 bits per heavy atom. The predicted octanol–water partition coefficient (Wildman–Crippen LogP) is 3.24. The largest absolute Gasteiger partial charge is 0.351 e. The van der Waals surface area contributed by atoms with Gasteiger partial charge in [-0.2, -0.15) is 0 Å². The zero-order chi connectivity index (χ0) is 14.5. The van der Waals surface area contributed by atoms with Crippen LogP contribution in [0.15, 0.2) is 47.4 Å². The van der Waals surface area contributed by atoms with E-state index in [9.17, 15) is 4.79 Å². The van der Waals surface area contributed by atoms with Crippen molar-refractivity contribution in [2.45, 2.75) is 6.42 Å². The predicted molar refractivity (Wildman–Crippen MR) is 85.7 cm³/mol. The van der Waals surface area contributed by atoms with Gasteiger partial charge in [0.15, 0.2) is 0 Å². The number of nitrogens with zero attached hydrogens (tertiary/aromatic N) is 2. The van der Waals surface area contributed by atoms with E-state index < -0.39 is 0 Å². The Morgan fingerprint density at radius 2 is 2.19 bits per heavy atom. The van der Waals surface area contributed by atoms with Gasteiger partial charge >= 0.3 is 0 Å². The van der Waals surface area contributed by atoms with E-state index in [0.29, 0.717) is 6.54 Å². The van der Waals surface area contributed by atoms with Gasteiger partial charge in [-0.3, -0.25) is 9.78 Å². The highest BCUT2D eigenvalue weighted by atomic mass is 32.1. The topological polar surface area (TPSA) is 54.9 Å². The summed E-state index contributed by atoms with van der Waals surface area (Å²) in [6.07, 6.45) is 4.28. The molecule has 0 aromatic carbocycles. The first-order valence-electron chi connectivity index (χ1n) is 6.49. The molecule has 4 nitrogen and oxygen atoms in total. The third-order valence-electron chi connectivity index (χ3n) is 2.87. The molecule has 3 aromatic rings. The van der Waals surface area contributed by atoms with Crippen LogP contribution in [-0.2, 0) is 6.42 Å². The van der Waals surface area contributed by atoms with Gasteiger partial charge in [-0.15, -0.1) is 22.7 Å². The second-order valence-electron chi connectivity index (χ2n) is 4.37. The van der Waals surface area contributed by atoms with Crippen LogP contribution in [0.1, 0.15) is 15.4 Å². The van der Waals surface area contributed by atoms with Crippen molar-refractivity contribution in [2.75, 3.05) is 6.54 Å². The summed E-state index contributed by atoms with van der Waals surface area (Å²) in [5, 5.41) is 7.79. The van der Waals surface area contributed by atoms with Crippen LogP contribution in [-0.4, -0.2) is 22.4 Å². The van der Waals surface area contributed by atoms with Crippen molar-refractivity contribution in [1.82, 2.24) is 15.3 Å². The third-order valence-corrected chi connectivity index (χ3v) is 4.68. The number of rotatable bonds is 5. The minimum atomic E-state index is -0.0206. The lowest BCUT2D eigenvalue weighted by molar-refractivity contribution is 0.0958. The standard InChI is InChI=1S/C15H13N3OS2/c19-14(13-4-2-8-20-13)17-7-5-12-10-21-15(18-12)11-3-1-6-16-9-11/h1-4,6,8-10H,5,7H2,(H,17,19). The Labute approximate surface area is 130 Å². The fourth-order valence-corrected chi connectivity index (χ4v) is 3.33. The molecule has 0 unspecified atom stereocenters. The molecule has 106 valence electrons. The number of hydrogen-bond donors (Lipinski definition) is 1. The number of amides is 1. The highest BCUT2D eigenvalue weighted by molar-refractivity contribution is 7.13. The monoisotopic (exact) mass is 315 g/mol. The molecular weight excluding hydrogens is 302 g/mol. The second-order valence-corrected chi connectivity index (χ2v) is 6.17. The summed E-state index contributed by atoms with van der Waals surface area (Å²) in [6, 6.07) is 7.59. The van der Waals surface area contributed by atoms with E-state index in [0.717, 1.165) is 27.6 Å². The Kier molecular flexibility index (Phi) is 4.37. The van der Waals surface area contributed by atoms with Crippen LogP contribution >= 0.6 is 22.7 Å². The van der Waals surface area contributed by atoms with Gasteiger partial charge in [0.1, 0.15) is 5.01 Å². The lowest BCUT2D eigenvalue weighted by Crippen LogP contribution is -2.24. The molecule has 0 spiro atoms. The molecule has 0 aliphatic rings. The SMILES string of the molecule is O=C(NCCc1csc(-c2cccnc2)n1)c1cccs1. The molecule has 6 heteroatoms. The Hall–Kier alpha value is -2.05. The quantitative estimate of drug-likeness (QED) is 0.786. The lowest BCUT2D eigenvalue weighted by atomic mass is 10.3. The van der Waals surface area contributed by atoms with Crippen molar-refractivity contribution in [3.63, 3.8) is 0 Å². The fourth-order valence-electron chi connectivity index (χ4n) is 1.84. The van der Waals surface area contributed by atoms with E-state index >= 15 is 0 Å². The van der Waals surface area contributed by atoms with E-state index in [4.69, 9.17) is 0 Å². The van der Waals surface area contributed by atoms with Crippen molar-refractivity contribution in [3.8, 4) is 10.6 Å². The molecule has 0 saturated carbocycles. The minimum absolute atomic E-state index is 0.0206. The normalized spacial score (nSPS) is 10.5. The van der Waals surface area contributed by atoms with Gasteiger partial charge in [0, 0.05) is 36.3 Å². The van der Waals surface area contributed by atoms with Gasteiger partial charge in [0.05, 0.1) is 10.6 Å². The van der Waals surface area contributed by atoms with Gasteiger partial charge in [0.2, 0.25) is 0 Å². The van der Waals surface area contributed by atoms with Crippen molar-refractivity contribution in [1.29, 1.82) is 0 Å². The summed E-state index contributed by atoms with van der Waals surface area (Å²) >= 11 is 3.04. The minimum Gasteiger partial charge on any atom is -0.351 e. The van der Waals surface area contributed by atoms with E-state index in [1.165, 1.54) is 11.3 Å². The molecular formula is C15H13N3OS2. The van der Waals surface area contributed by atoms with Crippen molar-refractivity contribution >= 4 is 28.6 Å². The number of thiazole rings is 1. The highest BCUT2D eigenvalue weighted by Crippen LogP contribution is 2.22. The van der Waals surface area contributed by atoms with E-state index in [1.807, 2.05) is 35.0 Å². The molecule has 0 aliphatic heterocycles. The number of carbonyl (C=O) groups is 1. The molecule has 1 amide bonds. The molecule has 1 N–H and O–H groups in total. The Morgan fingerprint density at radius 3 is 2.95 bits per heavy atom. The number of pyridine rings is 1. The molecule has 3 rings (SSSR count). The van der Waals surface area contributed by atoms with Gasteiger partial charge in [0.25, 0.3) is 5.91 Å². The zero-order valence-electron chi connectivity index (χ0n) is 11.2. The second kappa shape index (κ2) is 6.60. The van der Waals surface area contributed by atoms with Crippen LogP contribution in [0.4, 0.5) is 0 Å². The average molecular weight is 315 g/mol. The highest BCUT2D eigenvalue weighted by Gasteiger charge is 2.07. The van der Waals surface area contributed by atoms with E-state index in [2.05, 4.69) is 15.3 Å². The maximum Gasteiger partial charge on any atom is 0.261 e. The van der Waals surface area contributed by atoms with Crippen molar-refractivity contribution in [3.05, 3.63) is 58.0 Å². The first kappa shape index (κ1) is 13.9. The number of nitrogens with one attached hydrogen (secondary N) is 1. The molecule has 3 heterocycles. The first-order chi connectivity index (χ1) is 10.3. The fraction of sp³-hybridized carbons (Fsp3) is 0.133. The van der Waals surface area contributed by atoms with Crippen LogP contribution < -0.4 is 5.32 Å². The van der Waals surface area contributed by atoms with Gasteiger partial charge in [-0.05, 0) is 23.6 Å². The summed E-state index contributed by atoms with van der Waals surface area (Å²) in [6.45, 7) is 0.590. The molecule has 0 bridgehead atoms. The molecule has 0 aliphatic carbocycles. The molecule has 0 atom stereocenters. The summed E-state index contributed by atoms with van der Waals surface area (Å²) in [4.78, 5) is 21.2. The Bertz CT molecular complexity index is 708. The molecule has 0 fully saturated rings. The van der Waals surface area contributed by atoms with Crippen LogP contribution in [0.3, 0.4) is 0 Å². The molecule has 0 saturated heterocycles.